The van der Waals surface area contributed by atoms with E-state index < -0.39 is 86.7 Å². The molecule has 0 radical (unpaired) electrons. The van der Waals surface area contributed by atoms with Crippen LogP contribution in [0.15, 0.2) is 0 Å². The number of nitrogens with two attached hydrogens (primary N) is 1. The highest BCUT2D eigenvalue weighted by molar-refractivity contribution is 5.84. The molecule has 2 heterocycles. The number of ether oxygens (including phenoxy) is 3. The van der Waals surface area contributed by atoms with E-state index >= 15 is 0 Å². The van der Waals surface area contributed by atoms with Gasteiger partial charge in [0.05, 0.1) is 19.3 Å². The highest BCUT2D eigenvalue weighted by atomic mass is 16.7. The third kappa shape index (κ3) is 3.63. The van der Waals surface area contributed by atoms with Crippen LogP contribution in [0, 0.1) is 0 Å². The fraction of sp³-hybridized carbons (Fsp3) is 0.929. The average molecular weight is 384 g/mol. The average Bonchev–Trinajstić information content (AvgIpc) is 2.67. The summed E-state index contributed by atoms with van der Waals surface area (Å²) < 4.78 is 22.6. The van der Waals surface area contributed by atoms with Gasteiger partial charge >= 0.3 is 0 Å². The zero-order valence-corrected chi connectivity index (χ0v) is 13.7. The van der Waals surface area contributed by atoms with Gasteiger partial charge in [0, 0.05) is 8.27 Å². The normalized spacial score (nSPS) is 50.3. The van der Waals surface area contributed by atoms with Crippen LogP contribution in [0.2, 0.25) is 0 Å². The van der Waals surface area contributed by atoms with E-state index in [-0.39, 0.29) is 0 Å². The lowest BCUT2D eigenvalue weighted by molar-refractivity contribution is -0.356. The van der Waals surface area contributed by atoms with Crippen molar-refractivity contribution in [1.82, 2.24) is 0 Å². The van der Waals surface area contributed by atoms with Crippen molar-refractivity contribution < 1.29 is 56.1 Å². The quantitative estimate of drug-likeness (QED) is 0.223. The van der Waals surface area contributed by atoms with Crippen molar-refractivity contribution in [3.05, 3.63) is 0 Å². The Morgan fingerprint density at radius 2 is 1.73 bits per heavy atom. The minimum absolute atomic E-state index is 0.713. The first-order valence-electron chi connectivity index (χ1n) is 8.56. The molecule has 0 bridgehead atoms. The summed E-state index contributed by atoms with van der Waals surface area (Å²) in [6.45, 7) is -2.46. The molecule has 0 aromatic rings. The number of aliphatic hydroxyl groups excluding tert-OH is 6. The summed E-state index contributed by atoms with van der Waals surface area (Å²) in [4.78, 5) is 11.8. The Balaban J connectivity index is 2.21. The molecule has 12 heteroatoms. The summed E-state index contributed by atoms with van der Waals surface area (Å²) in [5.74, 6) is -3.87. The fourth-order valence-electron chi connectivity index (χ4n) is 2.93. The molecule has 0 aromatic heterocycles. The summed E-state index contributed by atoms with van der Waals surface area (Å²) in [6, 6.07) is -1.76. The van der Waals surface area contributed by atoms with Gasteiger partial charge in [0.25, 0.3) is 0 Å². The van der Waals surface area contributed by atoms with Gasteiger partial charge in [-0.05, 0) is 0 Å². The monoisotopic (exact) mass is 384 g/mol. The summed E-state index contributed by atoms with van der Waals surface area (Å²) >= 11 is 0. The highest BCUT2D eigenvalue weighted by Gasteiger charge is 2.56. The maximum Gasteiger partial charge on any atom is 0.244 e. The van der Waals surface area contributed by atoms with E-state index in [1.54, 1.807) is 0 Å². The second-order valence-electron chi connectivity index (χ2n) is 6.27. The Kier molecular flexibility index (Phi) is 6.21. The van der Waals surface area contributed by atoms with Crippen LogP contribution in [-0.4, -0.2) is 116 Å². The lowest BCUT2D eigenvalue weighted by atomic mass is 9.88. The third-order valence-corrected chi connectivity index (χ3v) is 4.57. The number of hydrogen-bond donors (Lipinski definition) is 8. The molecule has 0 aliphatic carbocycles. The van der Waals surface area contributed by atoms with Gasteiger partial charge in [-0.1, -0.05) is 0 Å². The van der Waals surface area contributed by atoms with Crippen LogP contribution in [0.1, 0.15) is 8.27 Å². The van der Waals surface area contributed by atoms with Crippen LogP contribution in [0.5, 0.6) is 0 Å². The first-order valence-corrected chi connectivity index (χ1v) is 7.85. The molecule has 2 rings (SSSR count). The molecule has 12 nitrogen and oxygen atoms in total. The number of rotatable bonds is 5. The minimum atomic E-state index is -2.73. The minimum Gasteiger partial charge on any atom is -0.394 e. The van der Waals surface area contributed by atoms with Crippen molar-refractivity contribution in [1.29, 1.82) is 0 Å². The Hall–Kier alpha value is -0.770. The second kappa shape index (κ2) is 8.08. The number of ketones is 1. The number of carbonyl (C=O) groups excluding carboxylic acids is 1. The number of Topliss-reactive ketones (excluding diaryl/α,β-unsaturated/α-hetero) is 1. The van der Waals surface area contributed by atoms with Crippen LogP contribution in [0.25, 0.3) is 0 Å². The molecule has 10 atom stereocenters. The van der Waals surface area contributed by atoms with Crippen LogP contribution in [0.4, 0.5) is 0 Å². The SMILES string of the molecule is [2H]CC(=O)C1(O)O[C@H](CO)[C@@H](O[C@@H]2O[C@H](CO)[C@H](O)[C@H](O)[C@H]2O)[C@H](O)[C@H]1N. The maximum atomic E-state index is 11.8. The molecule has 0 saturated carbocycles. The lowest BCUT2D eigenvalue weighted by Gasteiger charge is -2.48. The van der Waals surface area contributed by atoms with Gasteiger partial charge in [-0.3, -0.25) is 4.79 Å². The predicted octanol–water partition coefficient (Wildman–Crippen LogP) is -5.47. The molecule has 26 heavy (non-hydrogen) atoms. The van der Waals surface area contributed by atoms with Crippen molar-refractivity contribution in [3.8, 4) is 0 Å². The smallest absolute Gasteiger partial charge is 0.244 e. The summed E-state index contributed by atoms with van der Waals surface area (Å²) in [7, 11) is 0. The van der Waals surface area contributed by atoms with Crippen molar-refractivity contribution in [2.45, 2.75) is 67.7 Å². The van der Waals surface area contributed by atoms with E-state index in [0.717, 1.165) is 0 Å². The molecule has 9 N–H and O–H groups in total. The van der Waals surface area contributed by atoms with E-state index in [9.17, 15) is 40.5 Å². The van der Waals surface area contributed by atoms with Crippen molar-refractivity contribution >= 4 is 5.78 Å². The molecule has 152 valence electrons. The van der Waals surface area contributed by atoms with Gasteiger partial charge in [-0.15, -0.1) is 0 Å². The van der Waals surface area contributed by atoms with Gasteiger partial charge in [0.2, 0.25) is 5.79 Å². The molecule has 2 aliphatic rings. The number of hydrogen-bond acceptors (Lipinski definition) is 12. The largest absolute Gasteiger partial charge is 0.394 e. The summed E-state index contributed by atoms with van der Waals surface area (Å²) in [5.41, 5.74) is 5.66. The molecule has 1 unspecified atom stereocenters. The molecule has 2 saturated heterocycles. The fourth-order valence-corrected chi connectivity index (χ4v) is 2.93. The predicted molar refractivity (Wildman–Crippen MR) is 80.2 cm³/mol. The first-order chi connectivity index (χ1) is 12.6. The summed E-state index contributed by atoms with van der Waals surface area (Å²) in [6.07, 6.45) is -12.9. The zero-order chi connectivity index (χ0) is 20.5. The van der Waals surface area contributed by atoms with E-state index in [1.165, 1.54) is 0 Å². The Morgan fingerprint density at radius 1 is 1.12 bits per heavy atom. The van der Waals surface area contributed by atoms with Gasteiger partial charge in [-0.25, -0.2) is 0 Å². The molecule has 2 aliphatic heterocycles. The molecule has 2 fully saturated rings. The molecular formula is C14H25NO11. The van der Waals surface area contributed by atoms with Gasteiger partial charge in [0.15, 0.2) is 12.1 Å². The number of carbonyl (C=O) groups is 1. The van der Waals surface area contributed by atoms with Gasteiger partial charge < -0.3 is 55.7 Å². The van der Waals surface area contributed by atoms with E-state index in [4.69, 9.17) is 21.3 Å². The van der Waals surface area contributed by atoms with Crippen LogP contribution in [-0.2, 0) is 19.0 Å². The first kappa shape index (κ1) is 20.0. The maximum absolute atomic E-state index is 11.8. The van der Waals surface area contributed by atoms with Gasteiger partial charge in [0.1, 0.15) is 42.7 Å². The Bertz CT molecular complexity index is 523. The van der Waals surface area contributed by atoms with Gasteiger partial charge in [-0.2, -0.15) is 0 Å². The number of aliphatic hydroxyl groups is 7. The standard InChI is InChI=1S/C14H25NO11/c1-4(18)14(23)12(15)10(22)11(6(3-17)26-14)25-13-9(21)8(20)7(19)5(2-16)24-13/h5-13,16-17,19-23H,2-3,15H2,1H3/t5-,6-,7+,8+,9-,10+,11-,12-,13+,14?/m1/s1/i1D. The topological polar surface area (TPSA) is 212 Å². The molecule has 0 aromatic carbocycles. The van der Waals surface area contributed by atoms with Crippen molar-refractivity contribution in [2.75, 3.05) is 13.2 Å². The van der Waals surface area contributed by atoms with Crippen LogP contribution < -0.4 is 5.73 Å². The Morgan fingerprint density at radius 3 is 2.27 bits per heavy atom. The van der Waals surface area contributed by atoms with E-state index in [1.807, 2.05) is 0 Å². The zero-order valence-electron chi connectivity index (χ0n) is 14.7. The molecular weight excluding hydrogens is 358 g/mol. The highest BCUT2D eigenvalue weighted by Crippen LogP contribution is 2.32. The van der Waals surface area contributed by atoms with E-state index in [2.05, 4.69) is 0 Å². The lowest BCUT2D eigenvalue weighted by Crippen LogP contribution is -2.72. The third-order valence-electron chi connectivity index (χ3n) is 4.57. The van der Waals surface area contributed by atoms with Crippen LogP contribution >= 0.6 is 0 Å². The Labute approximate surface area is 149 Å². The second-order valence-corrected chi connectivity index (χ2v) is 6.27. The van der Waals surface area contributed by atoms with Crippen molar-refractivity contribution in [3.63, 3.8) is 0 Å². The van der Waals surface area contributed by atoms with Crippen molar-refractivity contribution in [2.24, 2.45) is 5.73 Å². The molecule has 0 spiro atoms. The van der Waals surface area contributed by atoms with Crippen LogP contribution in [0.3, 0.4) is 0 Å². The molecule has 0 amide bonds. The van der Waals surface area contributed by atoms with E-state index in [0.29, 0.717) is 0 Å². The summed E-state index contributed by atoms with van der Waals surface area (Å²) in [5, 5.41) is 68.9.